The van der Waals surface area contributed by atoms with Gasteiger partial charge in [0.25, 0.3) is 0 Å². The molecule has 0 aliphatic carbocycles. The van der Waals surface area contributed by atoms with Crippen LogP contribution in [0.3, 0.4) is 0 Å². The summed E-state index contributed by atoms with van der Waals surface area (Å²) in [7, 11) is 0. The molecule has 0 fully saturated rings. The maximum atomic E-state index is 5.18. The summed E-state index contributed by atoms with van der Waals surface area (Å²) in [6.45, 7) is 7.83. The fourth-order valence-electron chi connectivity index (χ4n) is 0.678. The topological polar surface area (TPSA) is 34.5 Å². The van der Waals surface area contributed by atoms with E-state index in [-0.39, 0.29) is 5.60 Å². The molecular weight excluding hydrogens is 184 g/mol. The molecular formula is C9H14N2OS. The van der Waals surface area contributed by atoms with E-state index in [9.17, 15) is 0 Å². The summed E-state index contributed by atoms with van der Waals surface area (Å²) >= 11 is 1.60. The highest BCUT2D eigenvalue weighted by Gasteiger charge is 2.09. The van der Waals surface area contributed by atoms with Crippen LogP contribution < -0.4 is 0 Å². The second kappa shape index (κ2) is 3.87. The number of thiazole rings is 1. The Hall–Kier alpha value is -0.900. The molecule has 4 heteroatoms. The standard InChI is InChI=1S/C9H14N2OS/c1-7-11-8(6-13-7)5-10-12-9(2,3)4/h5-6H,1-4H3/b10-5+. The van der Waals surface area contributed by atoms with Gasteiger partial charge in [-0.2, -0.15) is 0 Å². The van der Waals surface area contributed by atoms with Crippen molar-refractivity contribution in [3.05, 3.63) is 16.1 Å². The molecule has 0 aliphatic heterocycles. The van der Waals surface area contributed by atoms with Gasteiger partial charge in [0.1, 0.15) is 5.60 Å². The maximum absolute atomic E-state index is 5.18. The van der Waals surface area contributed by atoms with Crippen molar-refractivity contribution in [2.45, 2.75) is 33.3 Å². The summed E-state index contributed by atoms with van der Waals surface area (Å²) in [5.74, 6) is 0. The van der Waals surface area contributed by atoms with Crippen LogP contribution in [0.5, 0.6) is 0 Å². The Balaban J connectivity index is 2.50. The first kappa shape index (κ1) is 10.2. The molecule has 1 rings (SSSR count). The first-order valence-corrected chi connectivity index (χ1v) is 4.99. The van der Waals surface area contributed by atoms with E-state index in [1.54, 1.807) is 17.6 Å². The van der Waals surface area contributed by atoms with Crippen molar-refractivity contribution in [3.8, 4) is 0 Å². The van der Waals surface area contributed by atoms with Gasteiger partial charge in [-0.25, -0.2) is 4.98 Å². The summed E-state index contributed by atoms with van der Waals surface area (Å²) < 4.78 is 0. The Morgan fingerprint density at radius 2 is 2.23 bits per heavy atom. The Bertz CT molecular complexity index is 299. The van der Waals surface area contributed by atoms with Gasteiger partial charge in [-0.1, -0.05) is 5.16 Å². The van der Waals surface area contributed by atoms with Gasteiger partial charge in [0.2, 0.25) is 0 Å². The summed E-state index contributed by atoms with van der Waals surface area (Å²) in [6.07, 6.45) is 1.63. The molecule has 0 bridgehead atoms. The number of aryl methyl sites for hydroxylation is 1. The Labute approximate surface area is 82.4 Å². The lowest BCUT2D eigenvalue weighted by Gasteiger charge is -2.14. The third-order valence-corrected chi connectivity index (χ3v) is 1.94. The minimum absolute atomic E-state index is 0.235. The number of oxime groups is 1. The molecule has 0 amide bonds. The summed E-state index contributed by atoms with van der Waals surface area (Å²) in [4.78, 5) is 9.40. The molecule has 0 spiro atoms. The highest BCUT2D eigenvalue weighted by Crippen LogP contribution is 2.08. The van der Waals surface area contributed by atoms with Crippen molar-refractivity contribution < 1.29 is 4.84 Å². The minimum atomic E-state index is -0.235. The zero-order valence-corrected chi connectivity index (χ0v) is 9.18. The van der Waals surface area contributed by atoms with Crippen molar-refractivity contribution in [2.75, 3.05) is 0 Å². The maximum Gasteiger partial charge on any atom is 0.129 e. The molecule has 0 aliphatic rings. The number of hydrogen-bond donors (Lipinski definition) is 0. The SMILES string of the molecule is Cc1nc(/C=N/OC(C)(C)C)cs1. The second-order valence-corrected chi connectivity index (χ2v) is 4.79. The molecule has 0 atom stereocenters. The number of rotatable bonds is 2. The van der Waals surface area contributed by atoms with E-state index in [0.717, 1.165) is 10.7 Å². The van der Waals surface area contributed by atoms with Gasteiger partial charge in [0, 0.05) is 5.38 Å². The van der Waals surface area contributed by atoms with Gasteiger partial charge in [-0.05, 0) is 27.7 Å². The van der Waals surface area contributed by atoms with E-state index in [4.69, 9.17) is 4.84 Å². The molecule has 1 aromatic heterocycles. The third kappa shape index (κ3) is 4.03. The van der Waals surface area contributed by atoms with E-state index in [0.29, 0.717) is 0 Å². The number of hydrogen-bond acceptors (Lipinski definition) is 4. The largest absolute Gasteiger partial charge is 0.390 e. The predicted octanol–water partition coefficient (Wildman–Crippen LogP) is 2.60. The zero-order valence-electron chi connectivity index (χ0n) is 8.37. The highest BCUT2D eigenvalue weighted by atomic mass is 32.1. The molecule has 0 unspecified atom stereocenters. The zero-order chi connectivity index (χ0) is 9.90. The quantitative estimate of drug-likeness (QED) is 0.540. The third-order valence-electron chi connectivity index (χ3n) is 1.15. The smallest absolute Gasteiger partial charge is 0.129 e. The lowest BCUT2D eigenvalue weighted by atomic mass is 10.2. The molecule has 0 aromatic carbocycles. The van der Waals surface area contributed by atoms with E-state index >= 15 is 0 Å². The first-order chi connectivity index (χ1) is 5.97. The van der Waals surface area contributed by atoms with Crippen molar-refractivity contribution in [2.24, 2.45) is 5.16 Å². The van der Waals surface area contributed by atoms with Crippen LogP contribution in [0.25, 0.3) is 0 Å². The summed E-state index contributed by atoms with van der Waals surface area (Å²) in [5, 5.41) is 6.83. The van der Waals surface area contributed by atoms with Crippen LogP contribution in [0.4, 0.5) is 0 Å². The second-order valence-electron chi connectivity index (χ2n) is 3.73. The Morgan fingerprint density at radius 1 is 1.54 bits per heavy atom. The van der Waals surface area contributed by atoms with E-state index in [1.165, 1.54) is 0 Å². The molecule has 3 nitrogen and oxygen atoms in total. The summed E-state index contributed by atoms with van der Waals surface area (Å²) in [6, 6.07) is 0. The van der Waals surface area contributed by atoms with Gasteiger partial charge in [0.05, 0.1) is 16.9 Å². The molecule has 1 heterocycles. The first-order valence-electron chi connectivity index (χ1n) is 4.11. The van der Waals surface area contributed by atoms with Crippen LogP contribution in [0, 0.1) is 6.92 Å². The van der Waals surface area contributed by atoms with E-state index < -0.39 is 0 Å². The van der Waals surface area contributed by atoms with Gasteiger partial charge in [-0.3, -0.25) is 0 Å². The molecule has 13 heavy (non-hydrogen) atoms. The van der Waals surface area contributed by atoms with Crippen LogP contribution in [-0.2, 0) is 4.84 Å². The van der Waals surface area contributed by atoms with Crippen LogP contribution in [-0.4, -0.2) is 16.8 Å². The lowest BCUT2D eigenvalue weighted by Crippen LogP contribution is -2.15. The minimum Gasteiger partial charge on any atom is -0.390 e. The fourth-order valence-corrected chi connectivity index (χ4v) is 1.24. The monoisotopic (exact) mass is 198 g/mol. The van der Waals surface area contributed by atoms with Crippen molar-refractivity contribution in [3.63, 3.8) is 0 Å². The van der Waals surface area contributed by atoms with Crippen molar-refractivity contribution >= 4 is 17.6 Å². The van der Waals surface area contributed by atoms with Crippen molar-refractivity contribution in [1.29, 1.82) is 0 Å². The molecule has 0 radical (unpaired) electrons. The number of nitrogens with zero attached hydrogens (tertiary/aromatic N) is 2. The molecule has 1 aromatic rings. The van der Waals surface area contributed by atoms with Gasteiger partial charge in [0.15, 0.2) is 0 Å². The Kier molecular flexibility index (Phi) is 3.03. The van der Waals surface area contributed by atoms with E-state index in [2.05, 4.69) is 10.1 Å². The molecule has 0 saturated heterocycles. The van der Waals surface area contributed by atoms with Crippen LogP contribution in [0.15, 0.2) is 10.5 Å². The highest BCUT2D eigenvalue weighted by molar-refractivity contribution is 7.09. The van der Waals surface area contributed by atoms with Crippen LogP contribution in [0.2, 0.25) is 0 Å². The lowest BCUT2D eigenvalue weighted by molar-refractivity contribution is 0.00197. The Morgan fingerprint density at radius 3 is 2.69 bits per heavy atom. The van der Waals surface area contributed by atoms with Gasteiger partial charge < -0.3 is 4.84 Å². The van der Waals surface area contributed by atoms with Gasteiger partial charge >= 0.3 is 0 Å². The normalized spacial score (nSPS) is 12.3. The van der Waals surface area contributed by atoms with E-state index in [1.807, 2.05) is 33.1 Å². The van der Waals surface area contributed by atoms with Crippen LogP contribution in [0.1, 0.15) is 31.5 Å². The number of aromatic nitrogens is 1. The van der Waals surface area contributed by atoms with Crippen molar-refractivity contribution in [1.82, 2.24) is 4.98 Å². The average molecular weight is 198 g/mol. The summed E-state index contributed by atoms with van der Waals surface area (Å²) in [5.41, 5.74) is 0.619. The van der Waals surface area contributed by atoms with Gasteiger partial charge in [-0.15, -0.1) is 11.3 Å². The molecule has 72 valence electrons. The predicted molar refractivity (Wildman–Crippen MR) is 55.3 cm³/mol. The average Bonchev–Trinajstić information content (AvgIpc) is 2.33. The molecule has 0 N–H and O–H groups in total. The van der Waals surface area contributed by atoms with Crippen LogP contribution >= 0.6 is 11.3 Å². The molecule has 0 saturated carbocycles. The fraction of sp³-hybridized carbons (Fsp3) is 0.556.